The van der Waals surface area contributed by atoms with Crippen LogP contribution in [0.2, 0.25) is 5.02 Å². The highest BCUT2D eigenvalue weighted by Gasteiger charge is 2.19. The number of benzene rings is 2. The number of methoxy groups -OCH3 is 1. The van der Waals surface area contributed by atoms with Crippen molar-refractivity contribution in [3.05, 3.63) is 56.1 Å². The summed E-state index contributed by atoms with van der Waals surface area (Å²) < 4.78 is 17.9. The van der Waals surface area contributed by atoms with E-state index in [1.807, 2.05) is 0 Å². The van der Waals surface area contributed by atoms with Crippen LogP contribution in [-0.2, 0) is 9.59 Å². The molecular formula is C22H18BrClO7. The quantitative estimate of drug-likeness (QED) is 0.317. The van der Waals surface area contributed by atoms with Gasteiger partial charge in [0, 0.05) is 12.5 Å². The lowest BCUT2D eigenvalue weighted by Gasteiger charge is -2.16. The summed E-state index contributed by atoms with van der Waals surface area (Å²) in [6.45, 7) is 0.235. The summed E-state index contributed by atoms with van der Waals surface area (Å²) in [6, 6.07) is 9.78. The van der Waals surface area contributed by atoms with Gasteiger partial charge in [0.15, 0.2) is 22.5 Å². The zero-order chi connectivity index (χ0) is 22.5. The van der Waals surface area contributed by atoms with Gasteiger partial charge in [-0.3, -0.25) is 9.59 Å². The summed E-state index contributed by atoms with van der Waals surface area (Å²) in [6.07, 6.45) is 0.794. The van der Waals surface area contributed by atoms with Crippen molar-refractivity contribution in [2.45, 2.75) is 19.3 Å². The van der Waals surface area contributed by atoms with E-state index in [9.17, 15) is 14.4 Å². The van der Waals surface area contributed by atoms with E-state index in [1.54, 1.807) is 30.3 Å². The minimum absolute atomic E-state index is 0.0555. The van der Waals surface area contributed by atoms with E-state index in [-0.39, 0.29) is 29.8 Å². The molecule has 3 aromatic rings. The molecule has 1 heterocycles. The first kappa shape index (κ1) is 22.8. The van der Waals surface area contributed by atoms with Gasteiger partial charge in [-0.2, -0.15) is 0 Å². The third-order valence-electron chi connectivity index (χ3n) is 4.52. The molecule has 162 valence electrons. The maximum absolute atomic E-state index is 12.6. The lowest BCUT2D eigenvalue weighted by Crippen LogP contribution is -2.12. The SMILES string of the molecule is COc1c(-c2cc(=O)c3cccc(Cl)c3o2)ccc(Br)c1OCCCCC(=O)C(=O)O. The first-order valence-electron chi connectivity index (χ1n) is 9.31. The maximum Gasteiger partial charge on any atom is 0.372 e. The number of Topliss-reactive ketones (excluding diaryl/α,β-unsaturated/α-hetero) is 1. The summed E-state index contributed by atoms with van der Waals surface area (Å²) in [5.74, 6) is -1.25. The number of aliphatic carboxylic acids is 1. The molecule has 0 aliphatic rings. The summed E-state index contributed by atoms with van der Waals surface area (Å²) in [7, 11) is 1.47. The fraction of sp³-hybridized carbons (Fsp3) is 0.227. The zero-order valence-corrected chi connectivity index (χ0v) is 18.8. The standard InChI is InChI=1S/C22H18BrClO7/c1-29-20-13(18-11-17(26)12-5-4-6-15(24)19(12)31-18)8-9-14(23)21(20)30-10-3-2-7-16(25)22(27)28/h4-6,8-9,11H,2-3,7,10H2,1H3,(H,27,28). The van der Waals surface area contributed by atoms with Crippen molar-refractivity contribution < 1.29 is 28.6 Å². The van der Waals surface area contributed by atoms with Gasteiger partial charge in [0.05, 0.1) is 34.2 Å². The van der Waals surface area contributed by atoms with E-state index in [4.69, 9.17) is 30.6 Å². The number of halogens is 2. The number of fused-ring (bicyclic) bond motifs is 1. The number of ether oxygens (including phenoxy) is 2. The molecular weight excluding hydrogens is 492 g/mol. The van der Waals surface area contributed by atoms with Crippen molar-refractivity contribution in [3.63, 3.8) is 0 Å². The van der Waals surface area contributed by atoms with Crippen LogP contribution in [-0.4, -0.2) is 30.6 Å². The van der Waals surface area contributed by atoms with Gasteiger partial charge in [0.25, 0.3) is 0 Å². The number of rotatable bonds is 9. The fourth-order valence-corrected chi connectivity index (χ4v) is 3.65. The number of hydrogen-bond donors (Lipinski definition) is 1. The van der Waals surface area contributed by atoms with Crippen LogP contribution in [0, 0.1) is 0 Å². The van der Waals surface area contributed by atoms with Crippen LogP contribution in [0.4, 0.5) is 0 Å². The Morgan fingerprint density at radius 2 is 1.94 bits per heavy atom. The Balaban J connectivity index is 1.89. The second kappa shape index (κ2) is 9.98. The Morgan fingerprint density at radius 1 is 1.16 bits per heavy atom. The Labute approximate surface area is 190 Å². The summed E-state index contributed by atoms with van der Waals surface area (Å²) in [5.41, 5.74) is 0.539. The van der Waals surface area contributed by atoms with Crippen molar-refractivity contribution in [1.82, 2.24) is 0 Å². The van der Waals surface area contributed by atoms with Crippen molar-refractivity contribution in [2.75, 3.05) is 13.7 Å². The van der Waals surface area contributed by atoms with Crippen LogP contribution in [0.1, 0.15) is 19.3 Å². The van der Waals surface area contributed by atoms with Crippen LogP contribution in [0.5, 0.6) is 11.5 Å². The van der Waals surface area contributed by atoms with Gasteiger partial charge in [0.1, 0.15) is 5.76 Å². The first-order chi connectivity index (χ1) is 14.8. The molecule has 0 unspecified atom stereocenters. The molecule has 9 heteroatoms. The topological polar surface area (TPSA) is 103 Å². The minimum atomic E-state index is -1.44. The highest BCUT2D eigenvalue weighted by Crippen LogP contribution is 2.43. The third kappa shape index (κ3) is 5.08. The molecule has 3 rings (SSSR count). The monoisotopic (exact) mass is 508 g/mol. The lowest BCUT2D eigenvalue weighted by molar-refractivity contribution is -0.149. The van der Waals surface area contributed by atoms with Gasteiger partial charge < -0.3 is 19.0 Å². The predicted octanol–water partition coefficient (Wildman–Crippen LogP) is 5.09. The molecule has 0 atom stereocenters. The molecule has 1 N–H and O–H groups in total. The molecule has 7 nitrogen and oxygen atoms in total. The van der Waals surface area contributed by atoms with E-state index in [1.165, 1.54) is 13.2 Å². The fourth-order valence-electron chi connectivity index (χ4n) is 3.01. The number of carboxylic acid groups (broad SMARTS) is 1. The van der Waals surface area contributed by atoms with Crippen LogP contribution in [0.3, 0.4) is 0 Å². The van der Waals surface area contributed by atoms with Crippen LogP contribution in [0.15, 0.2) is 50.1 Å². The second-order valence-corrected chi connectivity index (χ2v) is 7.84. The van der Waals surface area contributed by atoms with E-state index in [2.05, 4.69) is 15.9 Å². The van der Waals surface area contributed by atoms with Crippen molar-refractivity contribution >= 4 is 50.3 Å². The molecule has 0 fully saturated rings. The minimum Gasteiger partial charge on any atom is -0.492 e. The number of hydrogen-bond acceptors (Lipinski definition) is 6. The molecule has 1 aromatic heterocycles. The van der Waals surface area contributed by atoms with Crippen molar-refractivity contribution in [3.8, 4) is 22.8 Å². The van der Waals surface area contributed by atoms with Gasteiger partial charge in [-0.1, -0.05) is 17.7 Å². The summed E-state index contributed by atoms with van der Waals surface area (Å²) >= 11 is 9.62. The van der Waals surface area contributed by atoms with Gasteiger partial charge >= 0.3 is 5.97 Å². The van der Waals surface area contributed by atoms with Gasteiger partial charge in [-0.05, 0) is 53.0 Å². The van der Waals surface area contributed by atoms with Crippen molar-refractivity contribution in [2.24, 2.45) is 0 Å². The average molecular weight is 510 g/mol. The lowest BCUT2D eigenvalue weighted by atomic mass is 10.1. The van der Waals surface area contributed by atoms with Crippen LogP contribution < -0.4 is 14.9 Å². The van der Waals surface area contributed by atoms with Gasteiger partial charge in [-0.15, -0.1) is 0 Å². The molecule has 0 saturated carbocycles. The molecule has 0 radical (unpaired) electrons. The molecule has 0 aliphatic carbocycles. The Morgan fingerprint density at radius 3 is 2.65 bits per heavy atom. The molecule has 0 bridgehead atoms. The number of unbranched alkanes of at least 4 members (excludes halogenated alkanes) is 1. The van der Waals surface area contributed by atoms with Gasteiger partial charge in [0.2, 0.25) is 5.78 Å². The Bertz CT molecular complexity index is 1200. The Hall–Kier alpha value is -2.84. The molecule has 31 heavy (non-hydrogen) atoms. The number of ketones is 1. The zero-order valence-electron chi connectivity index (χ0n) is 16.4. The largest absolute Gasteiger partial charge is 0.492 e. The number of carbonyl (C=O) groups excluding carboxylic acids is 1. The number of carbonyl (C=O) groups is 2. The van der Waals surface area contributed by atoms with Crippen LogP contribution in [0.25, 0.3) is 22.3 Å². The van der Waals surface area contributed by atoms with E-state index in [0.717, 1.165) is 0 Å². The van der Waals surface area contributed by atoms with E-state index in [0.29, 0.717) is 44.8 Å². The molecule has 2 aromatic carbocycles. The Kier molecular flexibility index (Phi) is 7.35. The first-order valence-corrected chi connectivity index (χ1v) is 10.5. The number of para-hydroxylation sites is 1. The molecule has 0 saturated heterocycles. The van der Waals surface area contributed by atoms with Crippen LogP contribution >= 0.6 is 27.5 Å². The molecule has 0 spiro atoms. The summed E-state index contributed by atoms with van der Waals surface area (Å²) in [4.78, 5) is 34.3. The normalized spacial score (nSPS) is 10.8. The maximum atomic E-state index is 12.6. The average Bonchev–Trinajstić information content (AvgIpc) is 2.74. The number of carboxylic acids is 1. The second-order valence-electron chi connectivity index (χ2n) is 6.58. The smallest absolute Gasteiger partial charge is 0.372 e. The van der Waals surface area contributed by atoms with Crippen molar-refractivity contribution in [1.29, 1.82) is 0 Å². The molecule has 0 amide bonds. The van der Waals surface area contributed by atoms with E-state index >= 15 is 0 Å². The third-order valence-corrected chi connectivity index (χ3v) is 5.45. The predicted molar refractivity (Wildman–Crippen MR) is 119 cm³/mol. The molecule has 0 aliphatic heterocycles. The van der Waals surface area contributed by atoms with E-state index < -0.39 is 11.8 Å². The highest BCUT2D eigenvalue weighted by atomic mass is 79.9. The van der Waals surface area contributed by atoms with Gasteiger partial charge in [-0.25, -0.2) is 4.79 Å². The highest BCUT2D eigenvalue weighted by molar-refractivity contribution is 9.10. The summed E-state index contributed by atoms with van der Waals surface area (Å²) in [5, 5.41) is 9.31.